The maximum absolute atomic E-state index is 6.26. The van der Waals surface area contributed by atoms with E-state index in [-0.39, 0.29) is 6.04 Å². The van der Waals surface area contributed by atoms with Crippen molar-refractivity contribution >= 4 is 50.3 Å². The first-order valence-corrected chi connectivity index (χ1v) is 15.3. The SMILES string of the molecule is C1=Cc2oc3ccccc3c2C(C2=NC(c3ccc4ccccc4c3)N=C(c3ccc4c5c(cccc35)-c3ccccc3-4)N2)N1. The molecule has 0 amide bonds. The van der Waals surface area contributed by atoms with Crippen LogP contribution in [0.3, 0.4) is 0 Å². The van der Waals surface area contributed by atoms with E-state index in [9.17, 15) is 0 Å². The predicted molar refractivity (Wildman–Crippen MR) is 183 cm³/mol. The highest BCUT2D eigenvalue weighted by atomic mass is 16.3. The molecule has 0 saturated heterocycles. The highest BCUT2D eigenvalue weighted by Crippen LogP contribution is 2.48. The summed E-state index contributed by atoms with van der Waals surface area (Å²) < 4.78 is 6.26. The summed E-state index contributed by atoms with van der Waals surface area (Å²) in [6, 6.07) is 42.7. The standard InChI is InChI=1S/C40H26N4O/c1-2-9-24-22-25(17-16-23(24)8-1)38-42-39(31-19-18-30-27-11-4-3-10-26(27)28-13-7-14-29(31)35(28)30)44-40(43-38)37-36-32-12-5-6-15-33(32)45-34(36)20-21-41-37/h1-22,37-38,41H,(H,42,43,44). The van der Waals surface area contributed by atoms with Gasteiger partial charge in [-0.3, -0.25) is 0 Å². The minimum atomic E-state index is -0.421. The average Bonchev–Trinajstić information content (AvgIpc) is 3.65. The number of benzene rings is 6. The second kappa shape index (κ2) is 9.28. The minimum Gasteiger partial charge on any atom is -0.456 e. The van der Waals surface area contributed by atoms with Crippen LogP contribution in [0.25, 0.3) is 60.8 Å². The molecule has 0 spiro atoms. The molecule has 5 nitrogen and oxygen atoms in total. The number of nitrogens with one attached hydrogen (secondary N) is 2. The maximum Gasteiger partial charge on any atom is 0.169 e. The van der Waals surface area contributed by atoms with Gasteiger partial charge in [0.1, 0.15) is 29.1 Å². The summed E-state index contributed by atoms with van der Waals surface area (Å²) >= 11 is 0. The molecule has 2 unspecified atom stereocenters. The molecule has 10 rings (SSSR count). The quantitative estimate of drug-likeness (QED) is 0.220. The van der Waals surface area contributed by atoms with Crippen LogP contribution in [0.5, 0.6) is 0 Å². The Labute approximate surface area is 259 Å². The Kier molecular flexibility index (Phi) is 5.05. The number of fused-ring (bicyclic) bond motifs is 7. The minimum absolute atomic E-state index is 0.233. The van der Waals surface area contributed by atoms with E-state index < -0.39 is 6.17 Å². The van der Waals surface area contributed by atoms with Gasteiger partial charge in [0, 0.05) is 22.7 Å². The van der Waals surface area contributed by atoms with Crippen LogP contribution in [-0.4, -0.2) is 11.7 Å². The van der Waals surface area contributed by atoms with E-state index in [2.05, 4.69) is 120 Å². The van der Waals surface area contributed by atoms with E-state index in [4.69, 9.17) is 14.4 Å². The summed E-state index contributed by atoms with van der Waals surface area (Å²) in [5.74, 6) is 2.46. The summed E-state index contributed by atoms with van der Waals surface area (Å²) in [6.07, 6.45) is 3.52. The highest BCUT2D eigenvalue weighted by molar-refractivity contribution is 6.24. The topological polar surface area (TPSA) is 61.9 Å². The van der Waals surface area contributed by atoms with Gasteiger partial charge in [0.05, 0.1) is 0 Å². The van der Waals surface area contributed by atoms with Crippen molar-refractivity contribution in [2.45, 2.75) is 12.2 Å². The molecule has 6 aromatic carbocycles. The van der Waals surface area contributed by atoms with Gasteiger partial charge < -0.3 is 15.1 Å². The van der Waals surface area contributed by atoms with Gasteiger partial charge in [-0.1, -0.05) is 109 Å². The van der Waals surface area contributed by atoms with Gasteiger partial charge in [0.15, 0.2) is 6.17 Å². The number of rotatable bonds is 3. The fourth-order valence-corrected chi connectivity index (χ4v) is 7.31. The average molecular weight is 579 g/mol. The van der Waals surface area contributed by atoms with E-state index in [0.29, 0.717) is 0 Å². The summed E-state index contributed by atoms with van der Waals surface area (Å²) in [6.45, 7) is 0. The number of amidine groups is 2. The molecule has 212 valence electrons. The van der Waals surface area contributed by atoms with Crippen LogP contribution in [0.15, 0.2) is 142 Å². The van der Waals surface area contributed by atoms with Crippen LogP contribution < -0.4 is 10.6 Å². The van der Waals surface area contributed by atoms with Crippen molar-refractivity contribution in [2.24, 2.45) is 9.98 Å². The van der Waals surface area contributed by atoms with Gasteiger partial charge in [-0.25, -0.2) is 9.98 Å². The molecule has 2 N–H and O–H groups in total. The first kappa shape index (κ1) is 24.5. The summed E-state index contributed by atoms with van der Waals surface area (Å²) in [4.78, 5) is 10.6. The lowest BCUT2D eigenvalue weighted by Gasteiger charge is -2.29. The fourth-order valence-electron chi connectivity index (χ4n) is 7.31. The highest BCUT2D eigenvalue weighted by Gasteiger charge is 2.32. The number of hydrogen-bond acceptors (Lipinski definition) is 5. The molecule has 1 aliphatic carbocycles. The van der Waals surface area contributed by atoms with Crippen LogP contribution in [0.4, 0.5) is 0 Å². The molecule has 2 atom stereocenters. The van der Waals surface area contributed by atoms with Gasteiger partial charge >= 0.3 is 0 Å². The Hall–Kier alpha value is -5.94. The molecule has 45 heavy (non-hydrogen) atoms. The lowest BCUT2D eigenvalue weighted by atomic mass is 9.96. The van der Waals surface area contributed by atoms with E-state index >= 15 is 0 Å². The number of nitrogens with zero attached hydrogens (tertiary/aromatic N) is 2. The monoisotopic (exact) mass is 578 g/mol. The lowest BCUT2D eigenvalue weighted by molar-refractivity contribution is 0.585. The molecule has 0 bridgehead atoms. The van der Waals surface area contributed by atoms with Gasteiger partial charge in [-0.15, -0.1) is 0 Å². The summed E-state index contributed by atoms with van der Waals surface area (Å²) in [7, 11) is 0. The van der Waals surface area contributed by atoms with Crippen molar-refractivity contribution in [3.05, 3.63) is 150 Å². The zero-order valence-electron chi connectivity index (χ0n) is 24.2. The van der Waals surface area contributed by atoms with E-state index in [1.807, 2.05) is 24.4 Å². The van der Waals surface area contributed by atoms with Gasteiger partial charge in [-0.2, -0.15) is 0 Å². The molecule has 0 saturated carbocycles. The zero-order chi connectivity index (χ0) is 29.5. The van der Waals surface area contributed by atoms with Gasteiger partial charge in [0.25, 0.3) is 0 Å². The third-order valence-corrected chi connectivity index (χ3v) is 9.36. The molecule has 0 radical (unpaired) electrons. The number of hydrogen-bond donors (Lipinski definition) is 2. The Bertz CT molecular complexity index is 2440. The van der Waals surface area contributed by atoms with Crippen LogP contribution >= 0.6 is 0 Å². The van der Waals surface area contributed by atoms with Crippen LogP contribution in [0.1, 0.15) is 34.7 Å². The first-order chi connectivity index (χ1) is 22.3. The molecule has 3 aliphatic rings. The predicted octanol–water partition coefficient (Wildman–Crippen LogP) is 9.15. The van der Waals surface area contributed by atoms with Crippen molar-refractivity contribution in [3.8, 4) is 22.3 Å². The van der Waals surface area contributed by atoms with Crippen molar-refractivity contribution in [3.63, 3.8) is 0 Å². The fraction of sp³-hybridized carbons (Fsp3) is 0.0500. The zero-order valence-corrected chi connectivity index (χ0v) is 24.2. The van der Waals surface area contributed by atoms with Crippen LogP contribution in [0, 0.1) is 0 Å². The lowest BCUT2D eigenvalue weighted by Crippen LogP contribution is -2.43. The number of para-hydroxylation sites is 1. The van der Waals surface area contributed by atoms with Crippen LogP contribution in [-0.2, 0) is 0 Å². The Morgan fingerprint density at radius 1 is 0.600 bits per heavy atom. The number of furan rings is 1. The third-order valence-electron chi connectivity index (χ3n) is 9.36. The Morgan fingerprint density at radius 2 is 1.33 bits per heavy atom. The Balaban J connectivity index is 1.16. The molecule has 0 fully saturated rings. The van der Waals surface area contributed by atoms with Crippen molar-refractivity contribution in [1.29, 1.82) is 0 Å². The smallest absolute Gasteiger partial charge is 0.169 e. The Morgan fingerprint density at radius 3 is 2.24 bits per heavy atom. The first-order valence-electron chi connectivity index (χ1n) is 15.3. The summed E-state index contributed by atoms with van der Waals surface area (Å²) in [5.41, 5.74) is 9.15. The van der Waals surface area contributed by atoms with E-state index in [0.717, 1.165) is 45.1 Å². The molecule has 1 aromatic heterocycles. The second-order valence-electron chi connectivity index (χ2n) is 11.8. The van der Waals surface area contributed by atoms with E-state index in [1.165, 1.54) is 43.8 Å². The molecule has 3 heterocycles. The molecule has 2 aliphatic heterocycles. The largest absolute Gasteiger partial charge is 0.456 e. The second-order valence-corrected chi connectivity index (χ2v) is 11.8. The van der Waals surface area contributed by atoms with Crippen LogP contribution in [0.2, 0.25) is 0 Å². The molecule has 7 aromatic rings. The number of aliphatic imine (C=N–C) groups is 2. The third kappa shape index (κ3) is 3.61. The van der Waals surface area contributed by atoms with Crippen molar-refractivity contribution in [1.82, 2.24) is 10.6 Å². The van der Waals surface area contributed by atoms with E-state index in [1.54, 1.807) is 0 Å². The normalized spacial score (nSPS) is 17.9. The van der Waals surface area contributed by atoms with Gasteiger partial charge in [0.2, 0.25) is 0 Å². The van der Waals surface area contributed by atoms with Crippen molar-refractivity contribution in [2.75, 3.05) is 0 Å². The maximum atomic E-state index is 6.26. The molecular formula is C40H26N4O. The molecular weight excluding hydrogens is 552 g/mol. The van der Waals surface area contributed by atoms with Crippen molar-refractivity contribution < 1.29 is 4.42 Å². The van der Waals surface area contributed by atoms with Gasteiger partial charge in [-0.05, 0) is 67.6 Å². The molecule has 5 heteroatoms. The summed E-state index contributed by atoms with van der Waals surface area (Å²) in [5, 5.41) is 13.2.